The summed E-state index contributed by atoms with van der Waals surface area (Å²) in [5, 5.41) is 15.2. The average molecular weight is 491 g/mol. The van der Waals surface area contributed by atoms with E-state index in [0.717, 1.165) is 40.1 Å². The topological polar surface area (TPSA) is 109 Å². The van der Waals surface area contributed by atoms with Crippen molar-refractivity contribution < 1.29 is 14.3 Å². The van der Waals surface area contributed by atoms with Crippen molar-refractivity contribution in [3.63, 3.8) is 0 Å². The zero-order valence-corrected chi connectivity index (χ0v) is 19.7. The summed E-state index contributed by atoms with van der Waals surface area (Å²) in [4.78, 5) is 19.1. The summed E-state index contributed by atoms with van der Waals surface area (Å²) in [5.41, 5.74) is 6.10. The SMILES string of the molecule is O=C(/C=C/c1ccc(-c2nn[nH]n2)cc1)N1CCc2c([nH]c3ccccc23)C1c1ccc2c(c1)OCO2. The van der Waals surface area contributed by atoms with Crippen LogP contribution in [0.5, 0.6) is 11.5 Å². The van der Waals surface area contributed by atoms with Crippen molar-refractivity contribution in [3.05, 3.63) is 95.2 Å². The molecule has 9 heteroatoms. The molecule has 182 valence electrons. The number of hydrogen-bond acceptors (Lipinski definition) is 6. The van der Waals surface area contributed by atoms with Gasteiger partial charge in [-0.3, -0.25) is 4.79 Å². The summed E-state index contributed by atoms with van der Waals surface area (Å²) in [7, 11) is 0. The molecule has 0 fully saturated rings. The lowest BCUT2D eigenvalue weighted by Gasteiger charge is -2.35. The lowest BCUT2D eigenvalue weighted by molar-refractivity contribution is -0.128. The fourth-order valence-electron chi connectivity index (χ4n) is 5.20. The molecule has 37 heavy (non-hydrogen) atoms. The van der Waals surface area contributed by atoms with Gasteiger partial charge in [0.25, 0.3) is 0 Å². The largest absolute Gasteiger partial charge is 0.454 e. The number of carbonyl (C=O) groups excluding carboxylic acids is 1. The molecule has 1 amide bonds. The minimum absolute atomic E-state index is 0.0609. The Morgan fingerprint density at radius 1 is 1.03 bits per heavy atom. The standard InChI is InChI=1S/C28H22N6O3/c35-25(12-7-17-5-8-18(9-6-17)28-30-32-33-31-28)34-14-13-21-20-3-1-2-4-22(20)29-26(21)27(34)19-10-11-23-24(15-19)37-16-36-23/h1-12,15,27,29H,13-14,16H2,(H,30,31,32,33)/b12-7+. The molecule has 0 radical (unpaired) electrons. The second-order valence-corrected chi connectivity index (χ2v) is 9.05. The maximum Gasteiger partial charge on any atom is 0.247 e. The van der Waals surface area contributed by atoms with Gasteiger partial charge in [-0.25, -0.2) is 0 Å². The van der Waals surface area contributed by atoms with E-state index in [1.165, 1.54) is 10.9 Å². The number of benzene rings is 3. The Kier molecular flexibility index (Phi) is 4.99. The third-order valence-electron chi connectivity index (χ3n) is 6.96. The van der Waals surface area contributed by atoms with Crippen molar-refractivity contribution in [2.24, 2.45) is 0 Å². The maximum atomic E-state index is 13.6. The number of H-pyrrole nitrogens is 2. The molecule has 2 aromatic heterocycles. The van der Waals surface area contributed by atoms with Crippen LogP contribution in [-0.2, 0) is 11.2 Å². The second kappa shape index (κ2) is 8.63. The summed E-state index contributed by atoms with van der Waals surface area (Å²) in [6, 6.07) is 21.6. The van der Waals surface area contributed by atoms with Gasteiger partial charge >= 0.3 is 0 Å². The number of amides is 1. The smallest absolute Gasteiger partial charge is 0.247 e. The zero-order valence-electron chi connectivity index (χ0n) is 19.7. The van der Waals surface area contributed by atoms with Gasteiger partial charge in [-0.2, -0.15) is 5.21 Å². The highest BCUT2D eigenvalue weighted by atomic mass is 16.7. The maximum absolute atomic E-state index is 13.6. The fourth-order valence-corrected chi connectivity index (χ4v) is 5.20. The van der Waals surface area contributed by atoms with Crippen molar-refractivity contribution >= 4 is 22.9 Å². The number of tetrazole rings is 1. The molecule has 1 unspecified atom stereocenters. The van der Waals surface area contributed by atoms with E-state index >= 15 is 0 Å². The van der Waals surface area contributed by atoms with E-state index in [2.05, 4.69) is 43.8 Å². The summed E-state index contributed by atoms with van der Waals surface area (Å²) >= 11 is 0. The van der Waals surface area contributed by atoms with Crippen LogP contribution in [0.25, 0.3) is 28.4 Å². The van der Waals surface area contributed by atoms with E-state index in [4.69, 9.17) is 9.47 Å². The second-order valence-electron chi connectivity index (χ2n) is 9.05. The van der Waals surface area contributed by atoms with Crippen LogP contribution >= 0.6 is 0 Å². The van der Waals surface area contributed by atoms with Gasteiger partial charge < -0.3 is 19.4 Å². The Balaban J connectivity index is 1.23. The molecule has 0 spiro atoms. The van der Waals surface area contributed by atoms with Gasteiger partial charge in [0, 0.05) is 34.8 Å². The average Bonchev–Trinajstić information content (AvgIpc) is 3.71. The molecule has 3 aromatic carbocycles. The van der Waals surface area contributed by atoms with Crippen molar-refractivity contribution in [1.82, 2.24) is 30.5 Å². The lowest BCUT2D eigenvalue weighted by atomic mass is 9.92. The number of carbonyl (C=O) groups is 1. The van der Waals surface area contributed by atoms with E-state index in [1.54, 1.807) is 6.08 Å². The minimum atomic E-state index is -0.275. The van der Waals surface area contributed by atoms with Crippen LogP contribution in [0.4, 0.5) is 0 Å². The van der Waals surface area contributed by atoms with Crippen molar-refractivity contribution in [2.45, 2.75) is 12.5 Å². The molecule has 7 rings (SSSR count). The highest BCUT2D eigenvalue weighted by Gasteiger charge is 2.34. The molecular formula is C28H22N6O3. The summed E-state index contributed by atoms with van der Waals surface area (Å²) < 4.78 is 11.2. The van der Waals surface area contributed by atoms with E-state index in [-0.39, 0.29) is 18.7 Å². The first kappa shape index (κ1) is 21.4. The highest BCUT2D eigenvalue weighted by Crippen LogP contribution is 2.42. The van der Waals surface area contributed by atoms with E-state index in [0.29, 0.717) is 18.1 Å². The molecule has 2 N–H and O–H groups in total. The van der Waals surface area contributed by atoms with Gasteiger partial charge in [-0.15, -0.1) is 10.2 Å². The van der Waals surface area contributed by atoms with Gasteiger partial charge in [-0.05, 0) is 52.6 Å². The molecule has 0 aliphatic carbocycles. The van der Waals surface area contributed by atoms with Gasteiger partial charge in [0.2, 0.25) is 18.5 Å². The van der Waals surface area contributed by atoms with Crippen molar-refractivity contribution in [2.75, 3.05) is 13.3 Å². The first-order valence-electron chi connectivity index (χ1n) is 12.1. The molecule has 0 saturated carbocycles. The Morgan fingerprint density at radius 3 is 2.76 bits per heavy atom. The van der Waals surface area contributed by atoms with Crippen LogP contribution in [0.15, 0.2) is 72.8 Å². The van der Waals surface area contributed by atoms with Crippen LogP contribution < -0.4 is 9.47 Å². The number of nitrogens with zero attached hydrogens (tertiary/aromatic N) is 4. The summed E-state index contributed by atoms with van der Waals surface area (Å²) in [6.07, 6.45) is 4.25. The Labute approximate surface area is 211 Å². The number of rotatable bonds is 4. The quantitative estimate of drug-likeness (QED) is 0.364. The first-order chi connectivity index (χ1) is 18.2. The van der Waals surface area contributed by atoms with Crippen LogP contribution in [0.3, 0.4) is 0 Å². The highest BCUT2D eigenvalue weighted by molar-refractivity contribution is 5.93. The number of nitrogens with one attached hydrogen (secondary N) is 2. The zero-order chi connectivity index (χ0) is 24.8. The van der Waals surface area contributed by atoms with E-state index in [1.807, 2.05) is 59.5 Å². The number of aromatic amines is 2. The van der Waals surface area contributed by atoms with Gasteiger partial charge in [0.05, 0.1) is 6.04 Å². The monoisotopic (exact) mass is 490 g/mol. The van der Waals surface area contributed by atoms with Crippen molar-refractivity contribution in [3.8, 4) is 22.9 Å². The molecular weight excluding hydrogens is 468 g/mol. The third kappa shape index (κ3) is 3.72. The van der Waals surface area contributed by atoms with Gasteiger partial charge in [-0.1, -0.05) is 48.5 Å². The number of hydrogen-bond donors (Lipinski definition) is 2. The molecule has 4 heterocycles. The molecule has 9 nitrogen and oxygen atoms in total. The molecule has 1 atom stereocenters. The third-order valence-corrected chi connectivity index (χ3v) is 6.96. The van der Waals surface area contributed by atoms with E-state index in [9.17, 15) is 4.79 Å². The molecule has 0 bridgehead atoms. The molecule has 5 aromatic rings. The predicted molar refractivity (Wildman–Crippen MR) is 137 cm³/mol. The number of ether oxygens (including phenoxy) is 2. The number of aromatic nitrogens is 5. The fraction of sp³-hybridized carbons (Fsp3) is 0.143. The molecule has 0 saturated heterocycles. The Bertz CT molecular complexity index is 1640. The number of fused-ring (bicyclic) bond motifs is 4. The van der Waals surface area contributed by atoms with E-state index < -0.39 is 0 Å². The van der Waals surface area contributed by atoms with Gasteiger partial charge in [0.15, 0.2) is 11.5 Å². The van der Waals surface area contributed by atoms with Crippen LogP contribution in [0.2, 0.25) is 0 Å². The van der Waals surface area contributed by atoms with Crippen LogP contribution in [-0.4, -0.2) is 49.8 Å². The summed E-state index contributed by atoms with van der Waals surface area (Å²) in [6.45, 7) is 0.811. The Morgan fingerprint density at radius 2 is 1.89 bits per heavy atom. The Hall–Kier alpha value is -4.92. The minimum Gasteiger partial charge on any atom is -0.454 e. The molecule has 2 aliphatic rings. The van der Waals surface area contributed by atoms with Crippen LogP contribution in [0, 0.1) is 0 Å². The van der Waals surface area contributed by atoms with Crippen molar-refractivity contribution in [1.29, 1.82) is 0 Å². The predicted octanol–water partition coefficient (Wildman–Crippen LogP) is 4.26. The first-order valence-corrected chi connectivity index (χ1v) is 12.1. The normalized spacial score (nSPS) is 16.4. The van der Waals surface area contributed by atoms with Gasteiger partial charge in [0.1, 0.15) is 0 Å². The lowest BCUT2D eigenvalue weighted by Crippen LogP contribution is -2.39. The summed E-state index contributed by atoms with van der Waals surface area (Å²) in [5.74, 6) is 1.89. The van der Waals surface area contributed by atoms with Crippen LogP contribution in [0.1, 0.15) is 28.4 Å². The molecule has 2 aliphatic heterocycles. The number of para-hydroxylation sites is 1.